The van der Waals surface area contributed by atoms with E-state index in [1.54, 1.807) is 0 Å². The van der Waals surface area contributed by atoms with Gasteiger partial charge in [-0.15, -0.1) is 0 Å². The fraction of sp³-hybridized carbons (Fsp3) is 1.00. The van der Waals surface area contributed by atoms with Crippen molar-refractivity contribution >= 4 is 0 Å². The third kappa shape index (κ3) is 5.80. The van der Waals surface area contributed by atoms with Gasteiger partial charge in [0.2, 0.25) is 0 Å². The number of piperidine rings is 1. The molecular weight excluding hydrogens is 236 g/mol. The van der Waals surface area contributed by atoms with Gasteiger partial charge in [0.1, 0.15) is 0 Å². The molecule has 0 aromatic rings. The summed E-state index contributed by atoms with van der Waals surface area (Å²) < 4.78 is 5.98. The van der Waals surface area contributed by atoms with Gasteiger partial charge in [0.15, 0.2) is 0 Å². The molecule has 0 radical (unpaired) electrons. The zero-order valence-corrected chi connectivity index (χ0v) is 12.7. The van der Waals surface area contributed by atoms with Gasteiger partial charge >= 0.3 is 0 Å². The maximum Gasteiger partial charge on any atom is 0.0599 e. The molecule has 2 aliphatic rings. The molecule has 1 N–H and O–H groups in total. The highest BCUT2D eigenvalue weighted by atomic mass is 16.5. The number of nitrogens with one attached hydrogen (secondary N) is 1. The second-order valence-corrected chi connectivity index (χ2v) is 6.22. The molecule has 2 heterocycles. The molecule has 1 unspecified atom stereocenters. The first-order valence-electron chi connectivity index (χ1n) is 8.43. The van der Waals surface area contributed by atoms with Gasteiger partial charge in [-0.2, -0.15) is 0 Å². The molecule has 0 aliphatic carbocycles. The second-order valence-electron chi connectivity index (χ2n) is 6.22. The molecule has 2 rings (SSSR count). The minimum Gasteiger partial charge on any atom is -0.378 e. The van der Waals surface area contributed by atoms with Gasteiger partial charge in [-0.3, -0.25) is 0 Å². The van der Waals surface area contributed by atoms with Gasteiger partial charge in [-0.1, -0.05) is 13.3 Å². The number of nitrogens with zero attached hydrogens (tertiary/aromatic N) is 1. The maximum absolute atomic E-state index is 5.98. The minimum atomic E-state index is 0.523. The summed E-state index contributed by atoms with van der Waals surface area (Å²) in [6.45, 7) is 9.42. The predicted molar refractivity (Wildman–Crippen MR) is 80.5 cm³/mol. The molecule has 0 aromatic carbocycles. The largest absolute Gasteiger partial charge is 0.378 e. The third-order valence-electron chi connectivity index (χ3n) is 4.78. The van der Waals surface area contributed by atoms with Gasteiger partial charge in [0.05, 0.1) is 6.10 Å². The van der Waals surface area contributed by atoms with Crippen LogP contribution in [0.2, 0.25) is 0 Å². The third-order valence-corrected chi connectivity index (χ3v) is 4.78. The highest BCUT2D eigenvalue weighted by Gasteiger charge is 2.16. The van der Waals surface area contributed by atoms with Crippen LogP contribution in [-0.2, 0) is 4.74 Å². The van der Waals surface area contributed by atoms with Crippen molar-refractivity contribution in [3.05, 3.63) is 0 Å². The Bertz CT molecular complexity index is 229. The average molecular weight is 268 g/mol. The Kier molecular flexibility index (Phi) is 7.18. The van der Waals surface area contributed by atoms with Gasteiger partial charge in [-0.05, 0) is 70.6 Å². The maximum atomic E-state index is 5.98. The Morgan fingerprint density at radius 2 is 1.95 bits per heavy atom. The summed E-state index contributed by atoms with van der Waals surface area (Å²) in [7, 11) is 0. The van der Waals surface area contributed by atoms with Crippen molar-refractivity contribution in [2.75, 3.05) is 39.3 Å². The molecule has 3 nitrogen and oxygen atoms in total. The van der Waals surface area contributed by atoms with E-state index in [0.29, 0.717) is 6.10 Å². The minimum absolute atomic E-state index is 0.523. The normalized spacial score (nSPS) is 27.3. The van der Waals surface area contributed by atoms with Crippen LogP contribution >= 0.6 is 0 Å². The SMILES string of the molecule is CCC1CCCN(CCCOC2CCNCC2)CC1. The molecule has 3 heteroatoms. The molecule has 2 saturated heterocycles. The van der Waals surface area contributed by atoms with Crippen LogP contribution < -0.4 is 5.32 Å². The Morgan fingerprint density at radius 3 is 2.74 bits per heavy atom. The van der Waals surface area contributed by atoms with Crippen molar-refractivity contribution in [2.24, 2.45) is 5.92 Å². The Labute approximate surface area is 119 Å². The molecule has 0 saturated carbocycles. The number of hydrogen-bond acceptors (Lipinski definition) is 3. The lowest BCUT2D eigenvalue weighted by atomic mass is 9.98. The van der Waals surface area contributed by atoms with Crippen LogP contribution in [0.4, 0.5) is 0 Å². The molecule has 0 amide bonds. The highest BCUT2D eigenvalue weighted by molar-refractivity contribution is 4.70. The van der Waals surface area contributed by atoms with Crippen molar-refractivity contribution in [3.8, 4) is 0 Å². The number of hydrogen-bond donors (Lipinski definition) is 1. The molecule has 2 fully saturated rings. The molecule has 19 heavy (non-hydrogen) atoms. The first-order chi connectivity index (χ1) is 9.38. The van der Waals surface area contributed by atoms with Crippen LogP contribution in [0.15, 0.2) is 0 Å². The standard InChI is InChI=1S/C16H32N2O/c1-2-15-5-3-11-18(13-8-15)12-4-14-19-16-6-9-17-10-7-16/h15-17H,2-14H2,1H3. The van der Waals surface area contributed by atoms with Crippen LogP contribution in [0, 0.1) is 5.92 Å². The first-order valence-corrected chi connectivity index (χ1v) is 8.43. The Morgan fingerprint density at radius 1 is 1.11 bits per heavy atom. The first kappa shape index (κ1) is 15.3. The predicted octanol–water partition coefficient (Wildman–Crippen LogP) is 2.66. The Hall–Kier alpha value is -0.120. The van der Waals surface area contributed by atoms with E-state index in [4.69, 9.17) is 4.74 Å². The van der Waals surface area contributed by atoms with E-state index >= 15 is 0 Å². The Balaban J connectivity index is 1.52. The summed E-state index contributed by atoms with van der Waals surface area (Å²) in [5, 5.41) is 3.39. The van der Waals surface area contributed by atoms with Gasteiger partial charge in [-0.25, -0.2) is 0 Å². The van der Waals surface area contributed by atoms with Crippen LogP contribution in [0.25, 0.3) is 0 Å². The van der Waals surface area contributed by atoms with Crippen LogP contribution in [0.3, 0.4) is 0 Å². The number of likely N-dealkylation sites (tertiary alicyclic amines) is 1. The lowest BCUT2D eigenvalue weighted by Gasteiger charge is -2.24. The van der Waals surface area contributed by atoms with E-state index in [-0.39, 0.29) is 0 Å². The van der Waals surface area contributed by atoms with Crippen molar-refractivity contribution in [3.63, 3.8) is 0 Å². The summed E-state index contributed by atoms with van der Waals surface area (Å²) in [4.78, 5) is 2.65. The fourth-order valence-corrected chi connectivity index (χ4v) is 3.36. The monoisotopic (exact) mass is 268 g/mol. The molecule has 1 atom stereocenters. The van der Waals surface area contributed by atoms with Crippen LogP contribution in [-0.4, -0.2) is 50.3 Å². The van der Waals surface area contributed by atoms with E-state index in [2.05, 4.69) is 17.1 Å². The van der Waals surface area contributed by atoms with Gasteiger partial charge in [0, 0.05) is 13.2 Å². The highest BCUT2D eigenvalue weighted by Crippen LogP contribution is 2.20. The summed E-state index contributed by atoms with van der Waals surface area (Å²) in [5.74, 6) is 0.982. The van der Waals surface area contributed by atoms with Gasteiger partial charge in [0.25, 0.3) is 0 Å². The van der Waals surface area contributed by atoms with Crippen LogP contribution in [0.1, 0.15) is 51.9 Å². The van der Waals surface area contributed by atoms with E-state index < -0.39 is 0 Å². The lowest BCUT2D eigenvalue weighted by molar-refractivity contribution is 0.0278. The topological polar surface area (TPSA) is 24.5 Å². The van der Waals surface area contributed by atoms with Crippen LogP contribution in [0.5, 0.6) is 0 Å². The zero-order valence-electron chi connectivity index (χ0n) is 12.7. The summed E-state index contributed by atoms with van der Waals surface area (Å²) >= 11 is 0. The van der Waals surface area contributed by atoms with Crippen molar-refractivity contribution in [2.45, 2.75) is 58.0 Å². The quantitative estimate of drug-likeness (QED) is 0.750. The summed E-state index contributed by atoms with van der Waals surface area (Å²) in [6.07, 6.45) is 9.74. The molecule has 0 aromatic heterocycles. The molecule has 0 bridgehead atoms. The van der Waals surface area contributed by atoms with E-state index in [0.717, 1.165) is 25.6 Å². The molecule has 112 valence electrons. The summed E-state index contributed by atoms with van der Waals surface area (Å²) in [5.41, 5.74) is 0. The van der Waals surface area contributed by atoms with Crippen molar-refractivity contribution < 1.29 is 4.74 Å². The molecule has 2 aliphatic heterocycles. The van der Waals surface area contributed by atoms with E-state index in [1.807, 2.05) is 0 Å². The zero-order chi connectivity index (χ0) is 13.3. The van der Waals surface area contributed by atoms with E-state index in [1.165, 1.54) is 64.6 Å². The molecule has 0 spiro atoms. The van der Waals surface area contributed by atoms with Gasteiger partial charge < -0.3 is 15.0 Å². The van der Waals surface area contributed by atoms with Crippen molar-refractivity contribution in [1.29, 1.82) is 0 Å². The average Bonchev–Trinajstić information content (AvgIpc) is 2.70. The van der Waals surface area contributed by atoms with Crippen molar-refractivity contribution in [1.82, 2.24) is 10.2 Å². The van der Waals surface area contributed by atoms with E-state index in [9.17, 15) is 0 Å². The number of rotatable bonds is 6. The number of ether oxygens (including phenoxy) is 1. The smallest absolute Gasteiger partial charge is 0.0599 e. The molecular formula is C16H32N2O. The second kappa shape index (κ2) is 8.93. The summed E-state index contributed by atoms with van der Waals surface area (Å²) in [6, 6.07) is 0. The fourth-order valence-electron chi connectivity index (χ4n) is 3.36. The lowest BCUT2D eigenvalue weighted by Crippen LogP contribution is -2.33.